The van der Waals surface area contributed by atoms with Crippen molar-refractivity contribution in [3.05, 3.63) is 103 Å². The lowest BCUT2D eigenvalue weighted by Crippen LogP contribution is -1.95. The maximum atomic E-state index is 11.1. The molecule has 144 valence electrons. The Balaban J connectivity index is 1.52. The third-order valence-electron chi connectivity index (χ3n) is 5.10. The van der Waals surface area contributed by atoms with Crippen LogP contribution in [-0.2, 0) is 0 Å². The molecule has 0 aliphatic carbocycles. The summed E-state index contributed by atoms with van der Waals surface area (Å²) >= 11 is 0. The van der Waals surface area contributed by atoms with E-state index in [1.165, 1.54) is 0 Å². The Morgan fingerprint density at radius 3 is 2.33 bits per heavy atom. The molecule has 5 rings (SSSR count). The van der Waals surface area contributed by atoms with Crippen molar-refractivity contribution in [3.63, 3.8) is 0 Å². The first-order valence-electron chi connectivity index (χ1n) is 9.52. The van der Waals surface area contributed by atoms with Crippen LogP contribution in [0.1, 0.15) is 10.4 Å². The predicted molar refractivity (Wildman–Crippen MR) is 116 cm³/mol. The zero-order valence-electron chi connectivity index (χ0n) is 15.9. The number of carboxylic acids is 1. The Kier molecular flexibility index (Phi) is 4.33. The number of rotatable bonds is 4. The Bertz CT molecular complexity index is 1360. The Morgan fingerprint density at radius 1 is 0.767 bits per heavy atom. The van der Waals surface area contributed by atoms with E-state index in [2.05, 4.69) is 16.0 Å². The van der Waals surface area contributed by atoms with Crippen molar-refractivity contribution in [1.29, 1.82) is 0 Å². The molecule has 5 heteroatoms. The molecular weight excluding hydrogens is 374 g/mol. The molecule has 0 radical (unpaired) electrons. The number of nitrogens with zero attached hydrogens (tertiary/aromatic N) is 3. The number of benzene rings is 2. The van der Waals surface area contributed by atoms with Gasteiger partial charge in [0, 0.05) is 23.5 Å². The number of aromatic nitrogens is 3. The van der Waals surface area contributed by atoms with Crippen molar-refractivity contribution in [2.45, 2.75) is 0 Å². The molecule has 0 atom stereocenters. The van der Waals surface area contributed by atoms with Crippen LogP contribution in [0.15, 0.2) is 97.5 Å². The summed E-state index contributed by atoms with van der Waals surface area (Å²) in [6.45, 7) is 0. The standard InChI is InChI=1S/C25H17N3O2/c29-25(30)19-8-6-17(7-9-19)20-11-13-28-23(16-27-24(28)15-20)21-10-12-26-22(14-21)18-4-2-1-3-5-18/h1-16H,(H,29,30). The summed E-state index contributed by atoms with van der Waals surface area (Å²) in [5.74, 6) is -0.929. The molecule has 0 amide bonds. The number of aromatic carboxylic acids is 1. The summed E-state index contributed by atoms with van der Waals surface area (Å²) in [6, 6.07) is 25.0. The van der Waals surface area contributed by atoms with Crippen LogP contribution in [0.25, 0.3) is 39.3 Å². The van der Waals surface area contributed by atoms with E-state index in [0.717, 1.165) is 39.3 Å². The summed E-state index contributed by atoms with van der Waals surface area (Å²) in [7, 11) is 0. The van der Waals surface area contributed by atoms with Gasteiger partial charge in [-0.05, 0) is 47.5 Å². The van der Waals surface area contributed by atoms with Crippen molar-refractivity contribution in [2.24, 2.45) is 0 Å². The number of hydrogen-bond donors (Lipinski definition) is 1. The number of carbonyl (C=O) groups is 1. The van der Waals surface area contributed by atoms with Crippen LogP contribution in [-0.4, -0.2) is 25.4 Å². The van der Waals surface area contributed by atoms with Gasteiger partial charge in [0.1, 0.15) is 5.65 Å². The monoisotopic (exact) mass is 391 g/mol. The van der Waals surface area contributed by atoms with Gasteiger partial charge in [-0.1, -0.05) is 42.5 Å². The van der Waals surface area contributed by atoms with E-state index < -0.39 is 5.97 Å². The number of imidazole rings is 1. The fourth-order valence-electron chi connectivity index (χ4n) is 3.54. The maximum Gasteiger partial charge on any atom is 0.335 e. The van der Waals surface area contributed by atoms with Gasteiger partial charge in [0.05, 0.1) is 23.1 Å². The molecule has 2 aromatic carbocycles. The molecule has 30 heavy (non-hydrogen) atoms. The number of fused-ring (bicyclic) bond motifs is 1. The molecule has 0 unspecified atom stereocenters. The fraction of sp³-hybridized carbons (Fsp3) is 0. The van der Waals surface area contributed by atoms with Crippen LogP contribution in [0, 0.1) is 0 Å². The van der Waals surface area contributed by atoms with Crippen LogP contribution < -0.4 is 0 Å². The fourth-order valence-corrected chi connectivity index (χ4v) is 3.54. The topological polar surface area (TPSA) is 67.5 Å². The second-order valence-electron chi connectivity index (χ2n) is 6.97. The molecule has 3 heterocycles. The van der Waals surface area contributed by atoms with Gasteiger partial charge in [0.15, 0.2) is 0 Å². The third kappa shape index (κ3) is 3.22. The minimum absolute atomic E-state index is 0.273. The highest BCUT2D eigenvalue weighted by Gasteiger charge is 2.10. The zero-order chi connectivity index (χ0) is 20.5. The first-order valence-corrected chi connectivity index (χ1v) is 9.52. The van der Waals surface area contributed by atoms with Crippen LogP contribution in [0.5, 0.6) is 0 Å². The molecule has 1 N–H and O–H groups in total. The minimum atomic E-state index is -0.929. The van der Waals surface area contributed by atoms with Crippen LogP contribution in [0.3, 0.4) is 0 Å². The maximum absolute atomic E-state index is 11.1. The normalized spacial score (nSPS) is 10.9. The Labute approximate surface area is 172 Å². The lowest BCUT2D eigenvalue weighted by atomic mass is 10.0. The van der Waals surface area contributed by atoms with Crippen LogP contribution >= 0.6 is 0 Å². The molecule has 0 saturated carbocycles. The number of hydrogen-bond acceptors (Lipinski definition) is 3. The van der Waals surface area contributed by atoms with Gasteiger partial charge < -0.3 is 5.11 Å². The van der Waals surface area contributed by atoms with Crippen LogP contribution in [0.2, 0.25) is 0 Å². The van der Waals surface area contributed by atoms with E-state index >= 15 is 0 Å². The summed E-state index contributed by atoms with van der Waals surface area (Å²) < 4.78 is 2.04. The highest BCUT2D eigenvalue weighted by Crippen LogP contribution is 2.27. The highest BCUT2D eigenvalue weighted by atomic mass is 16.4. The molecule has 0 aliphatic heterocycles. The average Bonchev–Trinajstić information content (AvgIpc) is 3.23. The quantitative estimate of drug-likeness (QED) is 0.444. The van der Waals surface area contributed by atoms with Crippen molar-refractivity contribution in [1.82, 2.24) is 14.4 Å². The molecule has 0 aliphatic rings. The van der Waals surface area contributed by atoms with E-state index in [9.17, 15) is 4.79 Å². The lowest BCUT2D eigenvalue weighted by molar-refractivity contribution is 0.0697. The largest absolute Gasteiger partial charge is 0.478 e. The van der Waals surface area contributed by atoms with Gasteiger partial charge in [-0.15, -0.1) is 0 Å². The first-order chi connectivity index (χ1) is 14.7. The van der Waals surface area contributed by atoms with Gasteiger partial charge in [0.2, 0.25) is 0 Å². The molecule has 0 saturated heterocycles. The second-order valence-corrected chi connectivity index (χ2v) is 6.97. The molecule has 0 fully saturated rings. The predicted octanol–water partition coefficient (Wildman–Crippen LogP) is 5.43. The molecule has 5 aromatic rings. The minimum Gasteiger partial charge on any atom is -0.478 e. The molecule has 3 aromatic heterocycles. The van der Waals surface area contributed by atoms with E-state index in [4.69, 9.17) is 5.11 Å². The Morgan fingerprint density at radius 2 is 1.57 bits per heavy atom. The van der Waals surface area contributed by atoms with Crippen molar-refractivity contribution in [3.8, 4) is 33.6 Å². The van der Waals surface area contributed by atoms with E-state index in [-0.39, 0.29) is 5.56 Å². The zero-order valence-corrected chi connectivity index (χ0v) is 15.9. The average molecular weight is 391 g/mol. The van der Waals surface area contributed by atoms with E-state index in [1.807, 2.05) is 83.7 Å². The van der Waals surface area contributed by atoms with Gasteiger partial charge in [-0.3, -0.25) is 9.38 Å². The van der Waals surface area contributed by atoms with E-state index in [0.29, 0.717) is 0 Å². The molecule has 0 spiro atoms. The van der Waals surface area contributed by atoms with Crippen LogP contribution in [0.4, 0.5) is 0 Å². The van der Waals surface area contributed by atoms with Crippen molar-refractivity contribution in [2.75, 3.05) is 0 Å². The molecular formula is C25H17N3O2. The molecule has 0 bridgehead atoms. The summed E-state index contributed by atoms with van der Waals surface area (Å²) in [6.07, 6.45) is 5.66. The van der Waals surface area contributed by atoms with Gasteiger partial charge in [0.25, 0.3) is 0 Å². The molecule has 5 nitrogen and oxygen atoms in total. The number of pyridine rings is 2. The lowest BCUT2D eigenvalue weighted by Gasteiger charge is -2.07. The second kappa shape index (κ2) is 7.29. The van der Waals surface area contributed by atoms with E-state index in [1.54, 1.807) is 12.1 Å². The van der Waals surface area contributed by atoms with Gasteiger partial charge in [-0.25, -0.2) is 9.78 Å². The van der Waals surface area contributed by atoms with Crippen molar-refractivity contribution < 1.29 is 9.90 Å². The first kappa shape index (κ1) is 17.8. The summed E-state index contributed by atoms with van der Waals surface area (Å²) in [4.78, 5) is 20.1. The number of carboxylic acid groups (broad SMARTS) is 1. The smallest absolute Gasteiger partial charge is 0.335 e. The van der Waals surface area contributed by atoms with Crippen molar-refractivity contribution >= 4 is 11.6 Å². The highest BCUT2D eigenvalue weighted by molar-refractivity contribution is 5.88. The Hall–Kier alpha value is -4.25. The summed E-state index contributed by atoms with van der Waals surface area (Å²) in [5, 5.41) is 9.07. The van der Waals surface area contributed by atoms with Gasteiger partial charge in [-0.2, -0.15) is 0 Å². The van der Waals surface area contributed by atoms with Gasteiger partial charge >= 0.3 is 5.97 Å². The summed E-state index contributed by atoms with van der Waals surface area (Å²) in [5.41, 5.74) is 7.03. The SMILES string of the molecule is O=C(O)c1ccc(-c2ccn3c(-c4ccnc(-c5ccccc5)c4)cnc3c2)cc1. The third-order valence-corrected chi connectivity index (χ3v) is 5.10.